The topological polar surface area (TPSA) is 91.7 Å². The van der Waals surface area contributed by atoms with Gasteiger partial charge in [-0.05, 0) is 80.2 Å². The minimum atomic E-state index is -0.296. The predicted octanol–water partition coefficient (Wildman–Crippen LogP) is 5.61. The second-order valence-electron chi connectivity index (χ2n) is 9.29. The van der Waals surface area contributed by atoms with Gasteiger partial charge < -0.3 is 29.9 Å². The third kappa shape index (κ3) is 5.08. The van der Waals surface area contributed by atoms with Crippen molar-refractivity contribution in [2.24, 2.45) is 0 Å². The zero-order valence-electron chi connectivity index (χ0n) is 21.7. The van der Waals surface area contributed by atoms with Gasteiger partial charge in [0.25, 0.3) is 0 Å². The van der Waals surface area contributed by atoms with E-state index in [4.69, 9.17) is 28.6 Å². The Hall–Kier alpha value is -3.92. The second-order valence-corrected chi connectivity index (χ2v) is 10.1. The Bertz CT molecular complexity index is 1540. The van der Waals surface area contributed by atoms with E-state index in [0.29, 0.717) is 21.5 Å². The van der Waals surface area contributed by atoms with Crippen LogP contribution < -0.4 is 15.5 Å². The number of pyridine rings is 1. The van der Waals surface area contributed by atoms with Crippen molar-refractivity contribution >= 4 is 46.2 Å². The average molecular weight is 562 g/mol. The molecule has 2 aromatic carbocycles. The molecule has 0 saturated carbocycles. The number of aromatic nitrogens is 2. The van der Waals surface area contributed by atoms with Crippen molar-refractivity contribution < 1.29 is 14.6 Å². The lowest BCUT2D eigenvalue weighted by molar-refractivity contribution is -0.119. The van der Waals surface area contributed by atoms with Gasteiger partial charge in [-0.2, -0.15) is 0 Å². The van der Waals surface area contributed by atoms with Gasteiger partial charge in [-0.15, -0.1) is 0 Å². The highest BCUT2D eigenvalue weighted by Crippen LogP contribution is 2.45. The first-order chi connectivity index (χ1) is 18.8. The summed E-state index contributed by atoms with van der Waals surface area (Å²) >= 11 is 12.5. The number of phenolic OH excluding ortho intramolecular Hbond substituents is 1. The Labute approximate surface area is 237 Å². The van der Waals surface area contributed by atoms with Crippen molar-refractivity contribution in [3.63, 3.8) is 0 Å². The van der Waals surface area contributed by atoms with Crippen LogP contribution in [0.2, 0.25) is 5.02 Å². The second kappa shape index (κ2) is 11.1. The number of benzene rings is 2. The summed E-state index contributed by atoms with van der Waals surface area (Å²) in [6, 6.07) is 20.1. The first-order valence-corrected chi connectivity index (χ1v) is 13.1. The highest BCUT2D eigenvalue weighted by atomic mass is 35.5. The summed E-state index contributed by atoms with van der Waals surface area (Å²) in [6.07, 6.45) is 1.76. The summed E-state index contributed by atoms with van der Waals surface area (Å²) in [6.45, 7) is 3.97. The van der Waals surface area contributed by atoms with E-state index in [1.54, 1.807) is 30.5 Å². The fourth-order valence-corrected chi connectivity index (χ4v) is 5.70. The Balaban J connectivity index is 1.62. The molecule has 10 heteroatoms. The molecule has 0 radical (unpaired) electrons. The number of aryl methyl sites for hydroxylation is 1. The van der Waals surface area contributed by atoms with Crippen LogP contribution in [0.4, 0.5) is 11.4 Å². The summed E-state index contributed by atoms with van der Waals surface area (Å²) in [7, 11) is 1.46. The van der Waals surface area contributed by atoms with Crippen LogP contribution in [0.15, 0.2) is 72.9 Å². The number of ether oxygens (including phenoxy) is 1. The quantitative estimate of drug-likeness (QED) is 0.253. The largest absolute Gasteiger partial charge is 0.506 e. The van der Waals surface area contributed by atoms with Crippen molar-refractivity contribution in [2.75, 3.05) is 23.9 Å². The van der Waals surface area contributed by atoms with Crippen LogP contribution in [0.3, 0.4) is 0 Å². The third-order valence-electron chi connectivity index (χ3n) is 6.79. The minimum absolute atomic E-state index is 0.0708. The van der Waals surface area contributed by atoms with Gasteiger partial charge in [0.2, 0.25) is 5.91 Å². The number of carbonyl (C=O) groups excluding carboxylic acids is 1. The maximum atomic E-state index is 12.0. The van der Waals surface area contributed by atoms with Crippen LogP contribution in [-0.2, 0) is 9.53 Å². The number of nitrogens with one attached hydrogen (secondary N) is 2. The molecule has 39 heavy (non-hydrogen) atoms. The van der Waals surface area contributed by atoms with E-state index in [0.717, 1.165) is 28.3 Å². The number of methoxy groups -OCH3 is 1. The van der Waals surface area contributed by atoms with Gasteiger partial charge in [-0.1, -0.05) is 29.8 Å². The summed E-state index contributed by atoms with van der Waals surface area (Å²) in [4.78, 5) is 18.7. The molecular weight excluding hydrogens is 534 g/mol. The highest BCUT2D eigenvalue weighted by molar-refractivity contribution is 7.80. The number of amides is 1. The van der Waals surface area contributed by atoms with E-state index >= 15 is 0 Å². The molecule has 0 unspecified atom stereocenters. The van der Waals surface area contributed by atoms with E-state index in [-0.39, 0.29) is 30.3 Å². The van der Waals surface area contributed by atoms with Crippen molar-refractivity contribution in [3.05, 3.63) is 101 Å². The first kappa shape index (κ1) is 26.7. The van der Waals surface area contributed by atoms with Gasteiger partial charge in [0.05, 0.1) is 34.2 Å². The smallest absolute Gasteiger partial charge is 0.250 e. The number of nitrogens with zero attached hydrogens (tertiary/aromatic N) is 3. The van der Waals surface area contributed by atoms with Gasteiger partial charge in [-0.3, -0.25) is 9.78 Å². The minimum Gasteiger partial charge on any atom is -0.506 e. The van der Waals surface area contributed by atoms with Crippen molar-refractivity contribution in [3.8, 4) is 11.4 Å². The fraction of sp³-hybridized carbons (Fsp3) is 0.207. The van der Waals surface area contributed by atoms with E-state index < -0.39 is 0 Å². The molecule has 8 nitrogen and oxygen atoms in total. The van der Waals surface area contributed by atoms with Gasteiger partial charge in [0.15, 0.2) is 5.11 Å². The van der Waals surface area contributed by atoms with Gasteiger partial charge in [0, 0.05) is 30.4 Å². The molecule has 0 bridgehead atoms. The van der Waals surface area contributed by atoms with Crippen LogP contribution in [0.25, 0.3) is 5.69 Å². The fourth-order valence-electron chi connectivity index (χ4n) is 5.13. The first-order valence-electron chi connectivity index (χ1n) is 12.4. The standard InChI is InChI=1S/C29H28ClN5O3S/c1-17-14-20(18(2)34(17)24-9-4-5-10-25(24)36)28-27(23-8-6-7-13-31-23)33-29(39)35(28)19-11-12-22(21(30)15-19)32-26(37)16-38-3/h4-15,27-28,36H,16H2,1-3H3,(H,32,37)(H,33,39)/t27-,28-/m0/s1. The van der Waals surface area contributed by atoms with E-state index in [1.807, 2.05) is 59.7 Å². The predicted molar refractivity (Wildman–Crippen MR) is 157 cm³/mol. The SMILES string of the molecule is COCC(=O)Nc1ccc(N2C(=S)N[C@@H](c3ccccn3)[C@@H]2c2cc(C)n(-c3ccccc3O)c2C)cc1Cl. The van der Waals surface area contributed by atoms with Crippen LogP contribution >= 0.6 is 23.8 Å². The monoisotopic (exact) mass is 561 g/mol. The molecule has 3 N–H and O–H groups in total. The molecule has 1 aliphatic rings. The number of rotatable bonds is 7. The van der Waals surface area contributed by atoms with Crippen molar-refractivity contribution in [1.29, 1.82) is 0 Å². The third-order valence-corrected chi connectivity index (χ3v) is 7.42. The number of halogens is 1. The lowest BCUT2D eigenvalue weighted by atomic mass is 9.96. The lowest BCUT2D eigenvalue weighted by Crippen LogP contribution is -2.29. The maximum Gasteiger partial charge on any atom is 0.250 e. The molecular formula is C29H28ClN5O3S. The van der Waals surface area contributed by atoms with E-state index in [1.165, 1.54) is 7.11 Å². The number of para-hydroxylation sites is 2. The molecule has 2 atom stereocenters. The van der Waals surface area contributed by atoms with Crippen LogP contribution in [0, 0.1) is 13.8 Å². The van der Waals surface area contributed by atoms with Gasteiger partial charge in [-0.25, -0.2) is 0 Å². The Kier molecular flexibility index (Phi) is 7.56. The number of hydrogen-bond acceptors (Lipinski definition) is 5. The van der Waals surface area contributed by atoms with Crippen LogP contribution in [-0.4, -0.2) is 39.4 Å². The molecule has 200 valence electrons. The molecule has 5 rings (SSSR count). The van der Waals surface area contributed by atoms with Crippen LogP contribution in [0.5, 0.6) is 5.75 Å². The number of hydrogen-bond donors (Lipinski definition) is 3. The molecule has 3 heterocycles. The molecule has 1 amide bonds. The van der Waals surface area contributed by atoms with Crippen molar-refractivity contribution in [2.45, 2.75) is 25.9 Å². The summed E-state index contributed by atoms with van der Waals surface area (Å²) in [5.41, 5.74) is 5.74. The molecule has 4 aromatic rings. The van der Waals surface area contributed by atoms with E-state index in [9.17, 15) is 9.90 Å². The number of thiocarbonyl (C=S) groups is 1. The molecule has 1 saturated heterocycles. The molecule has 0 spiro atoms. The Morgan fingerprint density at radius 2 is 1.92 bits per heavy atom. The summed E-state index contributed by atoms with van der Waals surface area (Å²) < 4.78 is 6.94. The Morgan fingerprint density at radius 1 is 1.15 bits per heavy atom. The molecule has 0 aliphatic carbocycles. The zero-order chi connectivity index (χ0) is 27.7. The highest BCUT2D eigenvalue weighted by Gasteiger charge is 2.42. The normalized spacial score (nSPS) is 16.8. The lowest BCUT2D eigenvalue weighted by Gasteiger charge is -2.28. The molecule has 1 fully saturated rings. The molecule has 2 aromatic heterocycles. The zero-order valence-corrected chi connectivity index (χ0v) is 23.3. The Morgan fingerprint density at radius 3 is 2.62 bits per heavy atom. The number of carbonyl (C=O) groups is 1. The van der Waals surface area contributed by atoms with Gasteiger partial charge in [0.1, 0.15) is 12.4 Å². The summed E-state index contributed by atoms with van der Waals surface area (Å²) in [5.74, 6) is -0.0999. The average Bonchev–Trinajstić information content (AvgIpc) is 3.41. The number of aromatic hydroxyl groups is 1. The maximum absolute atomic E-state index is 12.0. The van der Waals surface area contributed by atoms with Gasteiger partial charge >= 0.3 is 0 Å². The number of anilines is 2. The van der Waals surface area contributed by atoms with Crippen LogP contribution in [0.1, 0.15) is 34.7 Å². The molecule has 1 aliphatic heterocycles. The summed E-state index contributed by atoms with van der Waals surface area (Å²) in [5, 5.41) is 17.7. The van der Waals surface area contributed by atoms with E-state index in [2.05, 4.69) is 21.7 Å². The van der Waals surface area contributed by atoms with Crippen molar-refractivity contribution in [1.82, 2.24) is 14.9 Å². The number of phenols is 1.